The van der Waals surface area contributed by atoms with Gasteiger partial charge in [-0.15, -0.1) is 11.3 Å². The molecule has 0 unspecified atom stereocenters. The molecule has 1 atom stereocenters. The van der Waals surface area contributed by atoms with Gasteiger partial charge in [-0.25, -0.2) is 0 Å². The Balaban J connectivity index is 1.50. The van der Waals surface area contributed by atoms with Crippen LogP contribution in [0.3, 0.4) is 0 Å². The number of hydrogen-bond donors (Lipinski definition) is 2. The van der Waals surface area contributed by atoms with Crippen molar-refractivity contribution in [2.45, 2.75) is 44.6 Å². The van der Waals surface area contributed by atoms with Gasteiger partial charge < -0.3 is 10.4 Å². The molecule has 0 bridgehead atoms. The topological polar surface area (TPSA) is 110 Å². The summed E-state index contributed by atoms with van der Waals surface area (Å²) in [6, 6.07) is 14.0. The number of carbonyl (C=O) groups excluding carboxylic acids is 3. The first-order valence-electron chi connectivity index (χ1n) is 11.6. The first-order chi connectivity index (χ1) is 17.0. The number of hydrogen-bond acceptors (Lipinski definition) is 6. The molecule has 5 rings (SSSR count). The second-order valence-electron chi connectivity index (χ2n) is 8.78. The van der Waals surface area contributed by atoms with Crippen LogP contribution >= 0.6 is 11.3 Å². The maximum absolute atomic E-state index is 13.7. The van der Waals surface area contributed by atoms with Gasteiger partial charge in [-0.2, -0.15) is 5.26 Å². The van der Waals surface area contributed by atoms with Gasteiger partial charge in [-0.3, -0.25) is 19.3 Å². The van der Waals surface area contributed by atoms with Crippen molar-refractivity contribution in [2.75, 3.05) is 5.32 Å². The molecule has 2 heterocycles. The molecule has 1 aliphatic carbocycles. The molecule has 2 N–H and O–H groups in total. The van der Waals surface area contributed by atoms with Gasteiger partial charge in [0.1, 0.15) is 22.9 Å². The molecule has 0 fully saturated rings. The molecule has 7 nitrogen and oxygen atoms in total. The summed E-state index contributed by atoms with van der Waals surface area (Å²) in [6.07, 6.45) is 4.92. The molecule has 3 amide bonds. The van der Waals surface area contributed by atoms with E-state index in [1.54, 1.807) is 36.4 Å². The Hall–Kier alpha value is -3.96. The molecule has 1 aromatic heterocycles. The SMILES string of the molecule is N#Cc1c(NC(=O)[C@@H](Cc2ccc(O)cc2)N2C(=O)c3ccccc3C2=O)sc2c1CCCCC2. The third-order valence-electron chi connectivity index (χ3n) is 6.58. The number of nitrogens with one attached hydrogen (secondary N) is 1. The van der Waals surface area contributed by atoms with E-state index in [1.807, 2.05) is 0 Å². The second-order valence-corrected chi connectivity index (χ2v) is 9.89. The average Bonchev–Trinajstić information content (AvgIpc) is 3.19. The monoisotopic (exact) mass is 485 g/mol. The minimum atomic E-state index is -1.12. The molecule has 0 saturated heterocycles. The third-order valence-corrected chi connectivity index (χ3v) is 7.78. The summed E-state index contributed by atoms with van der Waals surface area (Å²) >= 11 is 1.41. The Labute approximate surface area is 206 Å². The summed E-state index contributed by atoms with van der Waals surface area (Å²) in [5.41, 5.74) is 2.69. The van der Waals surface area contributed by atoms with Crippen molar-refractivity contribution in [3.8, 4) is 11.8 Å². The Bertz CT molecular complexity index is 1340. The van der Waals surface area contributed by atoms with Gasteiger partial charge in [-0.05, 0) is 61.1 Å². The van der Waals surface area contributed by atoms with Gasteiger partial charge in [0, 0.05) is 11.3 Å². The molecule has 0 saturated carbocycles. The number of rotatable bonds is 5. The zero-order valence-corrected chi connectivity index (χ0v) is 19.7. The van der Waals surface area contributed by atoms with Gasteiger partial charge >= 0.3 is 0 Å². The number of aryl methyl sites for hydroxylation is 1. The highest BCUT2D eigenvalue weighted by Gasteiger charge is 2.43. The van der Waals surface area contributed by atoms with E-state index in [-0.39, 0.29) is 23.3 Å². The summed E-state index contributed by atoms with van der Waals surface area (Å²) in [5, 5.41) is 22.8. The lowest BCUT2D eigenvalue weighted by atomic mass is 10.0. The summed E-state index contributed by atoms with van der Waals surface area (Å²) in [7, 11) is 0. The summed E-state index contributed by atoms with van der Waals surface area (Å²) in [5.74, 6) is -1.49. The first kappa shape index (κ1) is 22.8. The van der Waals surface area contributed by atoms with Gasteiger partial charge in [0.05, 0.1) is 16.7 Å². The van der Waals surface area contributed by atoms with Crippen LogP contribution in [0.25, 0.3) is 0 Å². The molecule has 2 aliphatic rings. The van der Waals surface area contributed by atoms with Gasteiger partial charge in [0.2, 0.25) is 5.91 Å². The Morgan fingerprint density at radius 3 is 2.34 bits per heavy atom. The van der Waals surface area contributed by atoms with Crippen LogP contribution in [-0.4, -0.2) is 33.8 Å². The van der Waals surface area contributed by atoms with Crippen molar-refractivity contribution < 1.29 is 19.5 Å². The van der Waals surface area contributed by atoms with E-state index < -0.39 is 23.8 Å². The van der Waals surface area contributed by atoms with Crippen LogP contribution < -0.4 is 5.32 Å². The fraction of sp³-hybridized carbons (Fsp3) is 0.259. The Kier molecular flexibility index (Phi) is 6.10. The van der Waals surface area contributed by atoms with E-state index in [4.69, 9.17) is 0 Å². The number of amides is 3. The average molecular weight is 486 g/mol. The van der Waals surface area contributed by atoms with E-state index in [1.165, 1.54) is 23.5 Å². The molecular formula is C27H23N3O4S. The summed E-state index contributed by atoms with van der Waals surface area (Å²) < 4.78 is 0. The lowest BCUT2D eigenvalue weighted by Crippen LogP contribution is -2.48. The van der Waals surface area contributed by atoms with Crippen LogP contribution in [0, 0.1) is 11.3 Å². The first-order valence-corrected chi connectivity index (χ1v) is 12.4. The number of phenols is 1. The van der Waals surface area contributed by atoms with Crippen LogP contribution in [0.5, 0.6) is 5.75 Å². The van der Waals surface area contributed by atoms with Crippen LogP contribution in [0.1, 0.15) is 61.5 Å². The van der Waals surface area contributed by atoms with E-state index in [0.29, 0.717) is 16.1 Å². The molecule has 3 aromatic rings. The number of aromatic hydroxyl groups is 1. The number of thiophene rings is 1. The van der Waals surface area contributed by atoms with Gasteiger partial charge in [0.15, 0.2) is 0 Å². The van der Waals surface area contributed by atoms with Crippen LogP contribution in [0.4, 0.5) is 5.00 Å². The van der Waals surface area contributed by atoms with Crippen molar-refractivity contribution in [3.05, 3.63) is 81.2 Å². The van der Waals surface area contributed by atoms with Gasteiger partial charge in [-0.1, -0.05) is 30.7 Å². The summed E-state index contributed by atoms with van der Waals surface area (Å²) in [4.78, 5) is 42.2. The van der Waals surface area contributed by atoms with Crippen molar-refractivity contribution >= 4 is 34.1 Å². The van der Waals surface area contributed by atoms with Crippen LogP contribution in [-0.2, 0) is 24.1 Å². The number of fused-ring (bicyclic) bond motifs is 2. The minimum absolute atomic E-state index is 0.0740. The highest BCUT2D eigenvalue weighted by atomic mass is 32.1. The lowest BCUT2D eigenvalue weighted by Gasteiger charge is -2.25. The third kappa shape index (κ3) is 4.19. The lowest BCUT2D eigenvalue weighted by molar-refractivity contribution is -0.119. The summed E-state index contributed by atoms with van der Waals surface area (Å²) in [6.45, 7) is 0. The number of carbonyl (C=O) groups is 3. The fourth-order valence-electron chi connectivity index (χ4n) is 4.79. The van der Waals surface area contributed by atoms with Gasteiger partial charge in [0.25, 0.3) is 11.8 Å². The maximum atomic E-state index is 13.7. The quantitative estimate of drug-likeness (QED) is 0.410. The van der Waals surface area contributed by atoms with Crippen molar-refractivity contribution in [1.29, 1.82) is 5.26 Å². The molecule has 8 heteroatoms. The zero-order valence-electron chi connectivity index (χ0n) is 18.9. The number of anilines is 1. The second kappa shape index (κ2) is 9.35. The molecule has 0 spiro atoms. The number of phenolic OH excluding ortho intramolecular Hbond substituents is 1. The minimum Gasteiger partial charge on any atom is -0.508 e. The number of imide groups is 1. The highest BCUT2D eigenvalue weighted by Crippen LogP contribution is 2.37. The normalized spacial score (nSPS) is 15.7. The van der Waals surface area contributed by atoms with Crippen molar-refractivity contribution in [1.82, 2.24) is 4.90 Å². The molecule has 35 heavy (non-hydrogen) atoms. The largest absolute Gasteiger partial charge is 0.508 e. The molecular weight excluding hydrogens is 462 g/mol. The number of benzene rings is 2. The van der Waals surface area contributed by atoms with Crippen molar-refractivity contribution in [3.63, 3.8) is 0 Å². The van der Waals surface area contributed by atoms with E-state index in [9.17, 15) is 24.8 Å². The van der Waals surface area contributed by atoms with E-state index >= 15 is 0 Å². The zero-order chi connectivity index (χ0) is 24.5. The fourth-order valence-corrected chi connectivity index (χ4v) is 6.03. The predicted octanol–water partition coefficient (Wildman–Crippen LogP) is 4.44. The van der Waals surface area contributed by atoms with Crippen LogP contribution in [0.2, 0.25) is 0 Å². The predicted molar refractivity (Wildman–Crippen MR) is 131 cm³/mol. The number of nitriles is 1. The molecule has 1 aliphatic heterocycles. The Morgan fingerprint density at radius 2 is 1.69 bits per heavy atom. The van der Waals surface area contributed by atoms with E-state index in [0.717, 1.165) is 47.4 Å². The van der Waals surface area contributed by atoms with Crippen molar-refractivity contribution in [2.24, 2.45) is 0 Å². The smallest absolute Gasteiger partial charge is 0.262 e. The molecule has 2 aromatic carbocycles. The standard InChI is InChI=1S/C27H23N3O4S/c28-15-21-18-6-2-1-3-9-23(18)35-25(21)29-24(32)22(14-16-10-12-17(31)13-11-16)30-26(33)19-7-4-5-8-20(19)27(30)34/h4-5,7-8,10-13,22,31H,1-3,6,9,14H2,(H,29,32)/t22-/m1/s1. The molecule has 0 radical (unpaired) electrons. The molecule has 176 valence electrons. The van der Waals surface area contributed by atoms with E-state index in [2.05, 4.69) is 11.4 Å². The number of nitrogens with zero attached hydrogens (tertiary/aromatic N) is 2. The highest BCUT2D eigenvalue weighted by molar-refractivity contribution is 7.16. The maximum Gasteiger partial charge on any atom is 0.262 e. The van der Waals surface area contributed by atoms with Crippen LogP contribution in [0.15, 0.2) is 48.5 Å². The Morgan fingerprint density at radius 1 is 1.03 bits per heavy atom.